The standard InChI is InChI=1S/C16H17BrN2O2/c1-19(10-8-12-5-3-4-9-18-12)16(20)14-7-6-13(21-2)11-15(14)17/h3-7,9,11H,8,10H2,1-2H3. The molecule has 0 bridgehead atoms. The van der Waals surface area contributed by atoms with Gasteiger partial charge in [-0.3, -0.25) is 9.78 Å². The topological polar surface area (TPSA) is 42.4 Å². The molecule has 0 unspecified atom stereocenters. The number of likely N-dealkylation sites (N-methyl/N-ethyl adjacent to an activating group) is 1. The Balaban J connectivity index is 2.02. The maximum atomic E-state index is 12.4. The van der Waals surface area contributed by atoms with E-state index in [2.05, 4.69) is 20.9 Å². The van der Waals surface area contributed by atoms with E-state index in [4.69, 9.17) is 4.74 Å². The summed E-state index contributed by atoms with van der Waals surface area (Å²) in [6.07, 6.45) is 2.49. The molecule has 0 aliphatic rings. The van der Waals surface area contributed by atoms with Crippen molar-refractivity contribution in [2.75, 3.05) is 20.7 Å². The number of rotatable bonds is 5. The van der Waals surface area contributed by atoms with Crippen LogP contribution in [0.1, 0.15) is 16.1 Å². The number of ether oxygens (including phenoxy) is 1. The van der Waals surface area contributed by atoms with E-state index >= 15 is 0 Å². The van der Waals surface area contributed by atoms with Crippen molar-refractivity contribution in [1.29, 1.82) is 0 Å². The van der Waals surface area contributed by atoms with E-state index in [1.54, 1.807) is 43.5 Å². The van der Waals surface area contributed by atoms with E-state index in [1.165, 1.54) is 0 Å². The number of pyridine rings is 1. The summed E-state index contributed by atoms with van der Waals surface area (Å²) in [6, 6.07) is 11.1. The van der Waals surface area contributed by atoms with Crippen molar-refractivity contribution in [2.24, 2.45) is 0 Å². The van der Waals surface area contributed by atoms with E-state index in [9.17, 15) is 4.79 Å². The largest absolute Gasteiger partial charge is 0.497 e. The summed E-state index contributed by atoms with van der Waals surface area (Å²) >= 11 is 3.41. The third-order valence-corrected chi connectivity index (χ3v) is 3.84. The van der Waals surface area contributed by atoms with Gasteiger partial charge in [0.05, 0.1) is 12.7 Å². The van der Waals surface area contributed by atoms with Gasteiger partial charge in [-0.1, -0.05) is 6.07 Å². The molecule has 5 heteroatoms. The van der Waals surface area contributed by atoms with Crippen LogP contribution < -0.4 is 4.74 Å². The fourth-order valence-electron chi connectivity index (χ4n) is 1.93. The second kappa shape index (κ2) is 7.22. The van der Waals surface area contributed by atoms with Crippen LogP contribution in [0.4, 0.5) is 0 Å². The number of carbonyl (C=O) groups is 1. The Kier molecular flexibility index (Phi) is 5.33. The first-order valence-electron chi connectivity index (χ1n) is 6.60. The molecule has 1 heterocycles. The molecule has 1 amide bonds. The lowest BCUT2D eigenvalue weighted by Crippen LogP contribution is -2.29. The first-order valence-corrected chi connectivity index (χ1v) is 7.40. The summed E-state index contributed by atoms with van der Waals surface area (Å²) in [5, 5.41) is 0. The van der Waals surface area contributed by atoms with Crippen LogP contribution >= 0.6 is 15.9 Å². The van der Waals surface area contributed by atoms with Crippen molar-refractivity contribution in [3.8, 4) is 5.75 Å². The minimum atomic E-state index is -0.0274. The van der Waals surface area contributed by atoms with Crippen molar-refractivity contribution in [3.05, 3.63) is 58.3 Å². The predicted molar refractivity (Wildman–Crippen MR) is 85.6 cm³/mol. The Bertz CT molecular complexity index is 617. The van der Waals surface area contributed by atoms with Crippen LogP contribution in [0.3, 0.4) is 0 Å². The molecular formula is C16H17BrN2O2. The van der Waals surface area contributed by atoms with Crippen molar-refractivity contribution in [1.82, 2.24) is 9.88 Å². The van der Waals surface area contributed by atoms with Gasteiger partial charge >= 0.3 is 0 Å². The fraction of sp³-hybridized carbons (Fsp3) is 0.250. The number of amides is 1. The van der Waals surface area contributed by atoms with Gasteiger partial charge in [0.2, 0.25) is 0 Å². The molecule has 1 aromatic carbocycles. The minimum Gasteiger partial charge on any atom is -0.497 e. The molecule has 110 valence electrons. The highest BCUT2D eigenvalue weighted by molar-refractivity contribution is 9.10. The van der Waals surface area contributed by atoms with Crippen LogP contribution in [0.15, 0.2) is 47.1 Å². The van der Waals surface area contributed by atoms with Gasteiger partial charge in [0.25, 0.3) is 5.91 Å². The lowest BCUT2D eigenvalue weighted by atomic mass is 10.2. The Labute approximate surface area is 132 Å². The molecular weight excluding hydrogens is 332 g/mol. The van der Waals surface area contributed by atoms with Gasteiger partial charge in [-0.15, -0.1) is 0 Å². The van der Waals surface area contributed by atoms with Crippen LogP contribution in [-0.2, 0) is 6.42 Å². The Morgan fingerprint density at radius 3 is 2.76 bits per heavy atom. The molecule has 1 aromatic heterocycles. The molecule has 0 saturated heterocycles. The van der Waals surface area contributed by atoms with Gasteiger partial charge in [-0.25, -0.2) is 0 Å². The monoisotopic (exact) mass is 348 g/mol. The number of benzene rings is 1. The van der Waals surface area contributed by atoms with Crippen LogP contribution in [0.5, 0.6) is 5.75 Å². The van der Waals surface area contributed by atoms with Crippen molar-refractivity contribution in [2.45, 2.75) is 6.42 Å². The van der Waals surface area contributed by atoms with E-state index in [0.29, 0.717) is 12.1 Å². The summed E-state index contributed by atoms with van der Waals surface area (Å²) in [4.78, 5) is 18.4. The highest BCUT2D eigenvalue weighted by Crippen LogP contribution is 2.23. The Morgan fingerprint density at radius 2 is 2.14 bits per heavy atom. The maximum absolute atomic E-state index is 12.4. The Hall–Kier alpha value is -1.88. The molecule has 2 rings (SSSR count). The second-order valence-electron chi connectivity index (χ2n) is 4.64. The predicted octanol–water partition coefficient (Wildman–Crippen LogP) is 3.17. The number of hydrogen-bond acceptors (Lipinski definition) is 3. The quantitative estimate of drug-likeness (QED) is 0.833. The van der Waals surface area contributed by atoms with E-state index in [1.807, 2.05) is 18.2 Å². The number of halogens is 1. The summed E-state index contributed by atoms with van der Waals surface area (Å²) in [5.74, 6) is 0.690. The van der Waals surface area contributed by atoms with Crippen molar-refractivity contribution in [3.63, 3.8) is 0 Å². The third-order valence-electron chi connectivity index (χ3n) is 3.18. The lowest BCUT2D eigenvalue weighted by Gasteiger charge is -2.18. The molecule has 4 nitrogen and oxygen atoms in total. The zero-order valence-electron chi connectivity index (χ0n) is 12.0. The highest BCUT2D eigenvalue weighted by atomic mass is 79.9. The summed E-state index contributed by atoms with van der Waals surface area (Å²) < 4.78 is 5.87. The van der Waals surface area contributed by atoms with Gasteiger partial charge in [-0.2, -0.15) is 0 Å². The number of hydrogen-bond donors (Lipinski definition) is 0. The van der Waals surface area contributed by atoms with Crippen LogP contribution in [0.2, 0.25) is 0 Å². The molecule has 0 saturated carbocycles. The molecule has 21 heavy (non-hydrogen) atoms. The molecule has 0 atom stereocenters. The normalized spacial score (nSPS) is 10.2. The summed E-state index contributed by atoms with van der Waals surface area (Å²) in [5.41, 5.74) is 1.60. The fourth-order valence-corrected chi connectivity index (χ4v) is 2.46. The molecule has 0 aliphatic carbocycles. The minimum absolute atomic E-state index is 0.0274. The first-order chi connectivity index (χ1) is 10.1. The highest BCUT2D eigenvalue weighted by Gasteiger charge is 2.15. The maximum Gasteiger partial charge on any atom is 0.254 e. The van der Waals surface area contributed by atoms with Crippen LogP contribution in [0.25, 0.3) is 0 Å². The first kappa shape index (κ1) is 15.5. The average Bonchev–Trinajstić information content (AvgIpc) is 2.52. The van der Waals surface area contributed by atoms with Crippen molar-refractivity contribution >= 4 is 21.8 Å². The number of aromatic nitrogens is 1. The molecule has 0 fully saturated rings. The average molecular weight is 349 g/mol. The van der Waals surface area contributed by atoms with E-state index in [-0.39, 0.29) is 5.91 Å². The molecule has 2 aromatic rings. The molecule has 0 N–H and O–H groups in total. The smallest absolute Gasteiger partial charge is 0.254 e. The van der Waals surface area contributed by atoms with Crippen molar-refractivity contribution < 1.29 is 9.53 Å². The third kappa shape index (κ3) is 4.04. The SMILES string of the molecule is COc1ccc(C(=O)N(C)CCc2ccccn2)c(Br)c1. The van der Waals surface area contributed by atoms with Gasteiger partial charge in [0.1, 0.15) is 5.75 Å². The lowest BCUT2D eigenvalue weighted by molar-refractivity contribution is 0.0795. The van der Waals surface area contributed by atoms with E-state index < -0.39 is 0 Å². The van der Waals surface area contributed by atoms with E-state index in [0.717, 1.165) is 22.3 Å². The zero-order valence-corrected chi connectivity index (χ0v) is 13.6. The van der Waals surface area contributed by atoms with Gasteiger partial charge < -0.3 is 9.64 Å². The van der Waals surface area contributed by atoms with Crippen LogP contribution in [-0.4, -0.2) is 36.5 Å². The summed E-state index contributed by atoms with van der Waals surface area (Å²) in [7, 11) is 3.39. The molecule has 0 spiro atoms. The van der Waals surface area contributed by atoms with Gasteiger partial charge in [0.15, 0.2) is 0 Å². The number of nitrogens with zero attached hydrogens (tertiary/aromatic N) is 2. The molecule has 0 aliphatic heterocycles. The number of carbonyl (C=O) groups excluding carboxylic acids is 1. The summed E-state index contributed by atoms with van der Waals surface area (Å²) in [6.45, 7) is 0.619. The van der Waals surface area contributed by atoms with Gasteiger partial charge in [0, 0.05) is 36.4 Å². The second-order valence-corrected chi connectivity index (χ2v) is 5.50. The molecule has 0 radical (unpaired) electrons. The van der Waals surface area contributed by atoms with Gasteiger partial charge in [-0.05, 0) is 46.3 Å². The zero-order chi connectivity index (χ0) is 15.2. The number of methoxy groups -OCH3 is 1. The van der Waals surface area contributed by atoms with Crippen LogP contribution in [0, 0.1) is 0 Å². The Morgan fingerprint density at radius 1 is 1.33 bits per heavy atom.